The van der Waals surface area contributed by atoms with Gasteiger partial charge >= 0.3 is 5.97 Å². The van der Waals surface area contributed by atoms with Gasteiger partial charge in [0, 0.05) is 17.2 Å². The van der Waals surface area contributed by atoms with Crippen molar-refractivity contribution in [2.75, 3.05) is 11.9 Å². The average molecular weight is 248 g/mol. The lowest BCUT2D eigenvalue weighted by molar-refractivity contribution is -0.136. The van der Waals surface area contributed by atoms with Gasteiger partial charge in [-0.2, -0.15) is 0 Å². The molecule has 0 aliphatic heterocycles. The van der Waals surface area contributed by atoms with E-state index in [2.05, 4.69) is 21.9 Å². The first-order chi connectivity index (χ1) is 8.11. The first-order valence-corrected chi connectivity index (χ1v) is 5.38. The molecule has 0 radical (unpaired) electrons. The number of hydrogen-bond acceptors (Lipinski definition) is 3. The minimum absolute atomic E-state index is 0.204. The van der Waals surface area contributed by atoms with Gasteiger partial charge in [-0.25, -0.2) is 4.79 Å². The molecule has 1 rings (SSSR count). The summed E-state index contributed by atoms with van der Waals surface area (Å²) in [4.78, 5) is 11.0. The van der Waals surface area contributed by atoms with E-state index in [1.165, 1.54) is 0 Å². The monoisotopic (exact) mass is 248 g/mol. The molecular formula is C12H12N2O2S. The number of carbonyl (C=O) groups is 1. The fraction of sp³-hybridized carbons (Fsp3) is 0.167. The Bertz CT molecular complexity index is 472. The van der Waals surface area contributed by atoms with Crippen molar-refractivity contribution in [3.8, 4) is 11.8 Å². The highest BCUT2D eigenvalue weighted by Crippen LogP contribution is 2.08. The van der Waals surface area contributed by atoms with Crippen LogP contribution in [0.15, 0.2) is 24.3 Å². The normalized spacial score (nSPS) is 8.76. The minimum Gasteiger partial charge on any atom is -0.456 e. The molecule has 5 heteroatoms. The summed E-state index contributed by atoms with van der Waals surface area (Å²) >= 11 is 4.70. The summed E-state index contributed by atoms with van der Waals surface area (Å²) in [5.41, 5.74) is 6.82. The van der Waals surface area contributed by atoms with Crippen LogP contribution in [0.4, 0.5) is 5.69 Å². The summed E-state index contributed by atoms with van der Waals surface area (Å²) in [6, 6.07) is 7.06. The number of anilines is 1. The Labute approximate surface area is 105 Å². The van der Waals surface area contributed by atoms with Gasteiger partial charge in [-0.1, -0.05) is 5.92 Å². The van der Waals surface area contributed by atoms with Crippen LogP contribution < -0.4 is 11.1 Å². The predicted molar refractivity (Wildman–Crippen MR) is 70.4 cm³/mol. The third-order valence-electron chi connectivity index (χ3n) is 1.74. The zero-order valence-electron chi connectivity index (χ0n) is 9.32. The fourth-order valence-corrected chi connectivity index (χ4v) is 1.19. The maximum atomic E-state index is 11.0. The van der Waals surface area contributed by atoms with Crippen LogP contribution in [0.25, 0.3) is 0 Å². The summed E-state index contributed by atoms with van der Waals surface area (Å²) in [6.45, 7) is 2.06. The van der Waals surface area contributed by atoms with Gasteiger partial charge in [0.05, 0.1) is 6.61 Å². The van der Waals surface area contributed by atoms with E-state index >= 15 is 0 Å². The Hall–Kier alpha value is -2.06. The molecule has 88 valence electrons. The van der Waals surface area contributed by atoms with E-state index < -0.39 is 5.97 Å². The van der Waals surface area contributed by atoms with E-state index in [4.69, 9.17) is 18.0 Å². The Morgan fingerprint density at radius 2 is 2.12 bits per heavy atom. The molecule has 0 aliphatic rings. The molecule has 0 atom stereocenters. The summed E-state index contributed by atoms with van der Waals surface area (Å²) < 4.78 is 4.68. The lowest BCUT2D eigenvalue weighted by Gasteiger charge is -2.02. The lowest BCUT2D eigenvalue weighted by atomic mass is 10.2. The maximum Gasteiger partial charge on any atom is 0.384 e. The number of nitrogens with one attached hydrogen (secondary N) is 1. The van der Waals surface area contributed by atoms with Crippen molar-refractivity contribution in [2.24, 2.45) is 5.73 Å². The molecule has 0 amide bonds. The smallest absolute Gasteiger partial charge is 0.384 e. The first-order valence-electron chi connectivity index (χ1n) is 4.97. The van der Waals surface area contributed by atoms with Crippen LogP contribution >= 0.6 is 12.2 Å². The van der Waals surface area contributed by atoms with Crippen molar-refractivity contribution >= 4 is 29.0 Å². The van der Waals surface area contributed by atoms with Crippen molar-refractivity contribution in [3.63, 3.8) is 0 Å². The van der Waals surface area contributed by atoms with Gasteiger partial charge in [0.1, 0.15) is 0 Å². The SMILES string of the molecule is CCOC(=O)C#Cc1ccc(NC(N)=S)cc1. The van der Waals surface area contributed by atoms with Crippen LogP contribution in [0.1, 0.15) is 12.5 Å². The second kappa shape index (κ2) is 6.51. The third-order valence-corrected chi connectivity index (χ3v) is 1.84. The second-order valence-corrected chi connectivity index (χ2v) is 3.48. The molecule has 1 aromatic rings. The van der Waals surface area contributed by atoms with Gasteiger partial charge in [0.15, 0.2) is 5.11 Å². The predicted octanol–water partition coefficient (Wildman–Crippen LogP) is 1.26. The Balaban J connectivity index is 2.68. The van der Waals surface area contributed by atoms with Gasteiger partial charge in [-0.15, -0.1) is 0 Å². The van der Waals surface area contributed by atoms with Crippen LogP contribution in [-0.4, -0.2) is 17.7 Å². The molecule has 0 aliphatic carbocycles. The quantitative estimate of drug-likeness (QED) is 0.468. The Kier molecular flexibility index (Phi) is 4.98. The van der Waals surface area contributed by atoms with Crippen LogP contribution in [-0.2, 0) is 9.53 Å². The summed E-state index contributed by atoms with van der Waals surface area (Å²) in [6.07, 6.45) is 0. The third kappa shape index (κ3) is 5.00. The fourth-order valence-electron chi connectivity index (χ4n) is 1.07. The average Bonchev–Trinajstić information content (AvgIpc) is 2.28. The number of ether oxygens (including phenoxy) is 1. The van der Waals surface area contributed by atoms with Gasteiger partial charge in [0.25, 0.3) is 0 Å². The number of hydrogen-bond donors (Lipinski definition) is 2. The zero-order valence-corrected chi connectivity index (χ0v) is 10.1. The molecular weight excluding hydrogens is 236 g/mol. The summed E-state index contributed by atoms with van der Waals surface area (Å²) in [5.74, 6) is 4.54. The number of benzene rings is 1. The largest absolute Gasteiger partial charge is 0.456 e. The number of thiocarbonyl (C=S) groups is 1. The molecule has 0 heterocycles. The van der Waals surface area contributed by atoms with Crippen molar-refractivity contribution in [3.05, 3.63) is 29.8 Å². The van der Waals surface area contributed by atoms with E-state index in [9.17, 15) is 4.79 Å². The van der Waals surface area contributed by atoms with Gasteiger partial charge in [-0.3, -0.25) is 0 Å². The zero-order chi connectivity index (χ0) is 12.7. The van der Waals surface area contributed by atoms with E-state index in [0.717, 1.165) is 5.69 Å². The summed E-state index contributed by atoms with van der Waals surface area (Å²) in [7, 11) is 0. The molecule has 4 nitrogen and oxygen atoms in total. The van der Waals surface area contributed by atoms with Crippen molar-refractivity contribution in [1.82, 2.24) is 0 Å². The van der Waals surface area contributed by atoms with Crippen molar-refractivity contribution < 1.29 is 9.53 Å². The number of carbonyl (C=O) groups excluding carboxylic acids is 1. The Morgan fingerprint density at radius 3 is 2.65 bits per heavy atom. The number of nitrogens with two attached hydrogens (primary N) is 1. The maximum absolute atomic E-state index is 11.0. The minimum atomic E-state index is -0.530. The van der Waals surface area contributed by atoms with E-state index in [0.29, 0.717) is 12.2 Å². The molecule has 0 saturated carbocycles. The van der Waals surface area contributed by atoms with Gasteiger partial charge < -0.3 is 15.8 Å². The molecule has 3 N–H and O–H groups in total. The topological polar surface area (TPSA) is 64.3 Å². The highest BCUT2D eigenvalue weighted by molar-refractivity contribution is 7.80. The number of esters is 1. The van der Waals surface area contributed by atoms with Crippen molar-refractivity contribution in [2.45, 2.75) is 6.92 Å². The van der Waals surface area contributed by atoms with E-state index in [-0.39, 0.29) is 5.11 Å². The van der Waals surface area contributed by atoms with Crippen LogP contribution in [0.3, 0.4) is 0 Å². The molecule has 0 aromatic heterocycles. The lowest BCUT2D eigenvalue weighted by Crippen LogP contribution is -2.18. The van der Waals surface area contributed by atoms with E-state index in [1.54, 1.807) is 31.2 Å². The van der Waals surface area contributed by atoms with Gasteiger partial charge in [0.2, 0.25) is 0 Å². The van der Waals surface area contributed by atoms with Crippen LogP contribution in [0.5, 0.6) is 0 Å². The summed E-state index contributed by atoms with van der Waals surface area (Å²) in [5, 5.41) is 2.99. The highest BCUT2D eigenvalue weighted by Gasteiger charge is 1.95. The van der Waals surface area contributed by atoms with E-state index in [1.807, 2.05) is 0 Å². The Morgan fingerprint density at radius 1 is 1.47 bits per heavy atom. The molecule has 0 fully saturated rings. The first kappa shape index (κ1) is 13.0. The molecule has 17 heavy (non-hydrogen) atoms. The molecule has 0 saturated heterocycles. The molecule has 0 bridgehead atoms. The number of rotatable bonds is 2. The highest BCUT2D eigenvalue weighted by atomic mass is 32.1. The molecule has 1 aromatic carbocycles. The van der Waals surface area contributed by atoms with Crippen LogP contribution in [0, 0.1) is 11.8 Å². The molecule has 0 spiro atoms. The van der Waals surface area contributed by atoms with Crippen LogP contribution in [0.2, 0.25) is 0 Å². The van der Waals surface area contributed by atoms with Gasteiger partial charge in [-0.05, 0) is 43.4 Å². The van der Waals surface area contributed by atoms with Crippen molar-refractivity contribution in [1.29, 1.82) is 0 Å². The second-order valence-electron chi connectivity index (χ2n) is 3.04. The standard InChI is InChI=1S/C12H12N2O2S/c1-2-16-11(15)8-5-9-3-6-10(7-4-9)14-12(13)17/h3-4,6-7H,2H2,1H3,(H3,13,14,17). The molecule has 0 unspecified atom stereocenters.